The number of fused-ring (bicyclic) bond motifs is 1. The summed E-state index contributed by atoms with van der Waals surface area (Å²) >= 11 is 0. The number of rotatable bonds is 5. The Morgan fingerprint density at radius 1 is 1.21 bits per heavy atom. The fourth-order valence-corrected chi connectivity index (χ4v) is 3.60. The lowest BCUT2D eigenvalue weighted by molar-refractivity contribution is -0.132. The zero-order valence-electron chi connectivity index (χ0n) is 14.9. The van der Waals surface area contributed by atoms with Crippen LogP contribution in [0.25, 0.3) is 10.9 Å². The van der Waals surface area contributed by atoms with Crippen molar-refractivity contribution in [2.75, 3.05) is 39.9 Å². The minimum absolute atomic E-state index is 0.227. The van der Waals surface area contributed by atoms with Crippen LogP contribution in [0.15, 0.2) is 30.5 Å². The van der Waals surface area contributed by atoms with Gasteiger partial charge in [0.2, 0.25) is 5.91 Å². The first-order valence-electron chi connectivity index (χ1n) is 8.64. The van der Waals surface area contributed by atoms with Gasteiger partial charge in [-0.15, -0.1) is 0 Å². The number of aryl methyl sites for hydroxylation is 1. The first-order valence-corrected chi connectivity index (χ1v) is 8.64. The van der Waals surface area contributed by atoms with E-state index in [0.717, 1.165) is 38.3 Å². The SMILES string of the molecule is COCC(C)N1CCN(C(=O)Cc2cn(C)c3ccccc23)CC1. The Balaban J connectivity index is 1.62. The summed E-state index contributed by atoms with van der Waals surface area (Å²) in [7, 11) is 3.77. The highest BCUT2D eigenvalue weighted by atomic mass is 16.5. The van der Waals surface area contributed by atoms with Gasteiger partial charge in [0.15, 0.2) is 0 Å². The molecule has 1 amide bonds. The number of hydrogen-bond donors (Lipinski definition) is 0. The third kappa shape index (κ3) is 3.47. The zero-order chi connectivity index (χ0) is 17.1. The molecule has 1 saturated heterocycles. The maximum absolute atomic E-state index is 12.7. The van der Waals surface area contributed by atoms with Crippen LogP contribution in [0, 0.1) is 0 Å². The second-order valence-electron chi connectivity index (χ2n) is 6.68. The average Bonchev–Trinajstić information content (AvgIpc) is 2.91. The van der Waals surface area contributed by atoms with Crippen molar-refractivity contribution in [1.82, 2.24) is 14.4 Å². The quantitative estimate of drug-likeness (QED) is 0.841. The van der Waals surface area contributed by atoms with Gasteiger partial charge in [0.05, 0.1) is 13.0 Å². The van der Waals surface area contributed by atoms with Gasteiger partial charge in [-0.2, -0.15) is 0 Å². The van der Waals surface area contributed by atoms with Crippen LogP contribution in [0.5, 0.6) is 0 Å². The molecule has 1 unspecified atom stereocenters. The molecule has 1 fully saturated rings. The van der Waals surface area contributed by atoms with Gasteiger partial charge in [-0.25, -0.2) is 0 Å². The van der Waals surface area contributed by atoms with E-state index in [-0.39, 0.29) is 5.91 Å². The van der Waals surface area contributed by atoms with Crippen LogP contribution in [0.4, 0.5) is 0 Å². The molecule has 130 valence electrons. The summed E-state index contributed by atoms with van der Waals surface area (Å²) in [6, 6.07) is 8.67. The van der Waals surface area contributed by atoms with Crippen LogP contribution >= 0.6 is 0 Å². The molecule has 5 nitrogen and oxygen atoms in total. The number of hydrogen-bond acceptors (Lipinski definition) is 3. The maximum atomic E-state index is 12.7. The van der Waals surface area contributed by atoms with Gasteiger partial charge in [0.25, 0.3) is 0 Å². The zero-order valence-corrected chi connectivity index (χ0v) is 14.9. The molecule has 0 radical (unpaired) electrons. The molecular weight excluding hydrogens is 302 g/mol. The molecule has 1 aromatic heterocycles. The van der Waals surface area contributed by atoms with E-state index in [4.69, 9.17) is 4.74 Å². The van der Waals surface area contributed by atoms with Crippen LogP contribution in [0.1, 0.15) is 12.5 Å². The van der Waals surface area contributed by atoms with Crippen molar-refractivity contribution in [1.29, 1.82) is 0 Å². The molecule has 1 atom stereocenters. The van der Waals surface area contributed by atoms with Gasteiger partial charge in [0.1, 0.15) is 0 Å². The lowest BCUT2D eigenvalue weighted by Crippen LogP contribution is -2.52. The third-order valence-corrected chi connectivity index (χ3v) is 5.02. The summed E-state index contributed by atoms with van der Waals surface area (Å²) in [5.74, 6) is 0.227. The van der Waals surface area contributed by atoms with Crippen LogP contribution in [0.2, 0.25) is 0 Å². The van der Waals surface area contributed by atoms with Crippen LogP contribution in [-0.2, 0) is 23.0 Å². The monoisotopic (exact) mass is 329 g/mol. The Hall–Kier alpha value is -1.85. The molecule has 1 aromatic carbocycles. The highest BCUT2D eigenvalue weighted by Crippen LogP contribution is 2.21. The summed E-state index contributed by atoms with van der Waals surface area (Å²) < 4.78 is 7.33. The topological polar surface area (TPSA) is 37.7 Å². The summed E-state index contributed by atoms with van der Waals surface area (Å²) in [6.45, 7) is 6.37. The first-order chi connectivity index (χ1) is 11.6. The van der Waals surface area contributed by atoms with Crippen molar-refractivity contribution < 1.29 is 9.53 Å². The van der Waals surface area contributed by atoms with Crippen molar-refractivity contribution in [2.24, 2.45) is 7.05 Å². The van der Waals surface area contributed by atoms with E-state index < -0.39 is 0 Å². The number of carbonyl (C=O) groups excluding carboxylic acids is 1. The molecule has 1 aliphatic heterocycles. The van der Waals surface area contributed by atoms with Gasteiger partial charge in [-0.3, -0.25) is 9.69 Å². The lowest BCUT2D eigenvalue weighted by Gasteiger charge is -2.37. The van der Waals surface area contributed by atoms with Crippen molar-refractivity contribution in [3.8, 4) is 0 Å². The van der Waals surface area contributed by atoms with E-state index in [1.165, 1.54) is 10.9 Å². The fraction of sp³-hybridized carbons (Fsp3) is 0.526. The number of methoxy groups -OCH3 is 1. The Morgan fingerprint density at radius 3 is 2.62 bits per heavy atom. The highest BCUT2D eigenvalue weighted by molar-refractivity contribution is 5.89. The number of piperazine rings is 1. The molecule has 5 heteroatoms. The fourth-order valence-electron chi connectivity index (χ4n) is 3.60. The second-order valence-corrected chi connectivity index (χ2v) is 6.68. The normalized spacial score (nSPS) is 17.4. The van der Waals surface area contributed by atoms with Crippen molar-refractivity contribution >= 4 is 16.8 Å². The largest absolute Gasteiger partial charge is 0.383 e. The first kappa shape index (κ1) is 17.0. The minimum Gasteiger partial charge on any atom is -0.383 e. The number of benzene rings is 1. The van der Waals surface area contributed by atoms with E-state index in [0.29, 0.717) is 12.5 Å². The molecule has 2 heterocycles. The molecule has 0 saturated carbocycles. The van der Waals surface area contributed by atoms with E-state index >= 15 is 0 Å². The number of para-hydroxylation sites is 1. The summed E-state index contributed by atoms with van der Waals surface area (Å²) in [5.41, 5.74) is 2.30. The standard InChI is InChI=1S/C19H27N3O2/c1-15(14-24-3)21-8-10-22(11-9-21)19(23)12-16-13-20(2)18-7-5-4-6-17(16)18/h4-7,13,15H,8-12,14H2,1-3H3. The highest BCUT2D eigenvalue weighted by Gasteiger charge is 2.24. The smallest absolute Gasteiger partial charge is 0.227 e. The molecule has 24 heavy (non-hydrogen) atoms. The number of nitrogens with zero attached hydrogens (tertiary/aromatic N) is 3. The van der Waals surface area contributed by atoms with Gasteiger partial charge in [0, 0.05) is 63.5 Å². The number of amides is 1. The lowest BCUT2D eigenvalue weighted by atomic mass is 10.1. The van der Waals surface area contributed by atoms with E-state index in [1.54, 1.807) is 7.11 Å². The molecule has 3 rings (SSSR count). The van der Waals surface area contributed by atoms with E-state index in [9.17, 15) is 4.79 Å². The summed E-state index contributed by atoms with van der Waals surface area (Å²) in [6.07, 6.45) is 2.56. The molecular formula is C19H27N3O2. The number of carbonyl (C=O) groups is 1. The van der Waals surface area contributed by atoms with Gasteiger partial charge in [-0.1, -0.05) is 18.2 Å². The van der Waals surface area contributed by atoms with Crippen molar-refractivity contribution in [2.45, 2.75) is 19.4 Å². The van der Waals surface area contributed by atoms with Crippen molar-refractivity contribution in [3.05, 3.63) is 36.0 Å². The van der Waals surface area contributed by atoms with Crippen LogP contribution < -0.4 is 0 Å². The molecule has 0 spiro atoms. The number of ether oxygens (including phenoxy) is 1. The predicted molar refractivity (Wildman–Crippen MR) is 96.1 cm³/mol. The maximum Gasteiger partial charge on any atom is 0.227 e. The summed E-state index contributed by atoms with van der Waals surface area (Å²) in [5, 5.41) is 1.18. The minimum atomic E-state index is 0.227. The molecule has 2 aromatic rings. The predicted octanol–water partition coefficient (Wildman–Crippen LogP) is 1.90. The average molecular weight is 329 g/mol. The third-order valence-electron chi connectivity index (χ3n) is 5.02. The molecule has 1 aliphatic rings. The Labute approximate surface area is 143 Å². The second kappa shape index (κ2) is 7.36. The molecule has 0 N–H and O–H groups in total. The summed E-state index contributed by atoms with van der Waals surface area (Å²) in [4.78, 5) is 17.1. The van der Waals surface area contributed by atoms with Crippen molar-refractivity contribution in [3.63, 3.8) is 0 Å². The molecule has 0 aliphatic carbocycles. The van der Waals surface area contributed by atoms with Gasteiger partial charge >= 0.3 is 0 Å². The van der Waals surface area contributed by atoms with Crippen LogP contribution in [-0.4, -0.2) is 66.2 Å². The van der Waals surface area contributed by atoms with Gasteiger partial charge < -0.3 is 14.2 Å². The van der Waals surface area contributed by atoms with E-state index in [1.807, 2.05) is 24.1 Å². The number of aromatic nitrogens is 1. The Morgan fingerprint density at radius 2 is 1.92 bits per heavy atom. The van der Waals surface area contributed by atoms with Gasteiger partial charge in [-0.05, 0) is 18.6 Å². The van der Waals surface area contributed by atoms with E-state index in [2.05, 4.69) is 34.7 Å². The Bertz CT molecular complexity index is 702. The Kier molecular flexibility index (Phi) is 5.21. The molecule has 0 bridgehead atoms. The van der Waals surface area contributed by atoms with Crippen LogP contribution in [0.3, 0.4) is 0 Å².